The van der Waals surface area contributed by atoms with Gasteiger partial charge >= 0.3 is 12.0 Å². The number of nitrogens with one attached hydrogen (secondary N) is 1. The van der Waals surface area contributed by atoms with E-state index in [1.54, 1.807) is 0 Å². The highest BCUT2D eigenvalue weighted by Gasteiger charge is 2.47. The molecule has 0 radical (unpaired) electrons. The fourth-order valence-corrected chi connectivity index (χ4v) is 6.96. The second kappa shape index (κ2) is 15.3. The number of urea groups is 1. The summed E-state index contributed by atoms with van der Waals surface area (Å²) >= 11 is 1.96. The molecule has 3 atom stereocenters. The number of nitrogens with zero attached hydrogens (tertiary/aromatic N) is 2. The predicted octanol–water partition coefficient (Wildman–Crippen LogP) is 4.52. The number of Topliss-reactive ketones (excluding diaryl/α,β-unsaturated/α-hetero) is 1. The van der Waals surface area contributed by atoms with Gasteiger partial charge in [-0.05, 0) is 32.1 Å². The summed E-state index contributed by atoms with van der Waals surface area (Å²) in [4.78, 5) is 66.3. The van der Waals surface area contributed by atoms with Gasteiger partial charge in [0.15, 0.2) is 0 Å². The van der Waals surface area contributed by atoms with Gasteiger partial charge in [0.1, 0.15) is 5.78 Å². The van der Waals surface area contributed by atoms with Gasteiger partial charge in [0, 0.05) is 49.7 Å². The number of hydrogen-bond donors (Lipinski definition) is 1. The first-order valence-electron chi connectivity index (χ1n) is 14.2. The van der Waals surface area contributed by atoms with Gasteiger partial charge < -0.3 is 15.1 Å². The van der Waals surface area contributed by atoms with Crippen LogP contribution >= 0.6 is 11.8 Å². The Morgan fingerprint density at radius 3 is 2.24 bits per heavy atom. The van der Waals surface area contributed by atoms with Crippen LogP contribution in [0, 0.1) is 0 Å². The van der Waals surface area contributed by atoms with Gasteiger partial charge in [-0.2, -0.15) is 11.8 Å². The Labute approximate surface area is 224 Å². The summed E-state index contributed by atoms with van der Waals surface area (Å²) < 4.78 is 0. The highest BCUT2D eigenvalue weighted by molar-refractivity contribution is 8.00. The van der Waals surface area contributed by atoms with Crippen LogP contribution in [0.3, 0.4) is 0 Å². The average Bonchev–Trinajstić information content (AvgIpc) is 3.51. The van der Waals surface area contributed by atoms with E-state index in [1.165, 1.54) is 19.3 Å². The first kappa shape index (κ1) is 29.5. The van der Waals surface area contributed by atoms with Crippen LogP contribution in [0.15, 0.2) is 0 Å². The van der Waals surface area contributed by atoms with Gasteiger partial charge in [0.05, 0.1) is 12.1 Å². The largest absolute Gasteiger partial charge is 0.333 e. The van der Waals surface area contributed by atoms with Crippen molar-refractivity contribution in [2.75, 3.05) is 12.3 Å². The summed E-state index contributed by atoms with van der Waals surface area (Å²) in [5.41, 5.74) is 0. The number of unbranched alkanes of at least 4 members (excludes halogenated alkanes) is 7. The summed E-state index contributed by atoms with van der Waals surface area (Å²) in [6.45, 7) is 3.04. The zero-order valence-electron chi connectivity index (χ0n) is 22.2. The first-order chi connectivity index (χ1) is 17.9. The van der Waals surface area contributed by atoms with Gasteiger partial charge in [-0.3, -0.25) is 14.4 Å². The SMILES string of the molecule is CCCCCCN1C(=O)N[C@H]2CS[C@@H](CCCCC(=O)CCCCCCC(=O)ON3C(=O)CCC3=O)[C@H]21. The van der Waals surface area contributed by atoms with E-state index in [0.29, 0.717) is 35.6 Å². The van der Waals surface area contributed by atoms with Crippen molar-refractivity contribution >= 4 is 41.4 Å². The van der Waals surface area contributed by atoms with Crippen molar-refractivity contribution in [1.29, 1.82) is 0 Å². The van der Waals surface area contributed by atoms with E-state index in [0.717, 1.165) is 57.2 Å². The molecule has 0 unspecified atom stereocenters. The molecule has 0 bridgehead atoms. The molecule has 3 aliphatic heterocycles. The molecule has 4 amide bonds. The maximum absolute atomic E-state index is 12.4. The number of carbonyl (C=O) groups excluding carboxylic acids is 5. The van der Waals surface area contributed by atoms with E-state index in [1.807, 2.05) is 11.8 Å². The minimum Gasteiger partial charge on any atom is -0.332 e. The molecule has 3 aliphatic rings. The number of hydroxylamine groups is 2. The molecule has 9 nitrogen and oxygen atoms in total. The van der Waals surface area contributed by atoms with E-state index in [2.05, 4.69) is 17.1 Å². The Bertz CT molecular complexity index is 806. The van der Waals surface area contributed by atoms with Crippen LogP contribution < -0.4 is 5.32 Å². The minimum atomic E-state index is -0.566. The fraction of sp³-hybridized carbons (Fsp3) is 0.815. The van der Waals surface area contributed by atoms with E-state index in [4.69, 9.17) is 4.84 Å². The number of ketones is 1. The number of thioether (sulfide) groups is 1. The Balaban J connectivity index is 1.20. The summed E-state index contributed by atoms with van der Waals surface area (Å²) in [7, 11) is 0. The van der Waals surface area contributed by atoms with Gasteiger partial charge in [-0.15, -0.1) is 5.06 Å². The smallest absolute Gasteiger partial charge is 0.332 e. The first-order valence-corrected chi connectivity index (χ1v) is 15.2. The van der Waals surface area contributed by atoms with Crippen molar-refractivity contribution in [3.8, 4) is 0 Å². The number of fused-ring (bicyclic) bond motifs is 1. The summed E-state index contributed by atoms with van der Waals surface area (Å²) in [5, 5.41) is 4.21. The number of hydrogen-bond acceptors (Lipinski definition) is 7. The molecule has 3 saturated heterocycles. The molecule has 0 spiro atoms. The lowest BCUT2D eigenvalue weighted by molar-refractivity contribution is -0.197. The van der Waals surface area contributed by atoms with E-state index in [-0.39, 0.29) is 37.1 Å². The van der Waals surface area contributed by atoms with Crippen LogP contribution in [0.2, 0.25) is 0 Å². The van der Waals surface area contributed by atoms with Gasteiger partial charge in [-0.1, -0.05) is 45.4 Å². The van der Waals surface area contributed by atoms with Gasteiger partial charge in [-0.25, -0.2) is 9.59 Å². The molecule has 37 heavy (non-hydrogen) atoms. The lowest BCUT2D eigenvalue weighted by atomic mass is 10.00. The number of amides is 4. The maximum Gasteiger partial charge on any atom is 0.333 e. The number of rotatable bonds is 18. The van der Waals surface area contributed by atoms with Crippen molar-refractivity contribution in [3.63, 3.8) is 0 Å². The van der Waals surface area contributed by atoms with E-state index in [9.17, 15) is 24.0 Å². The summed E-state index contributed by atoms with van der Waals surface area (Å²) in [6.07, 6.45) is 12.2. The monoisotopic (exact) mass is 537 g/mol. The lowest BCUT2D eigenvalue weighted by Gasteiger charge is -2.27. The van der Waals surface area contributed by atoms with Crippen LogP contribution in [0.4, 0.5) is 4.79 Å². The molecule has 3 fully saturated rings. The van der Waals surface area contributed by atoms with Crippen molar-refractivity contribution in [1.82, 2.24) is 15.3 Å². The molecule has 0 aromatic carbocycles. The summed E-state index contributed by atoms with van der Waals surface area (Å²) in [5.74, 6) is -0.221. The zero-order valence-corrected chi connectivity index (χ0v) is 23.0. The minimum absolute atomic E-state index is 0.0942. The highest BCUT2D eigenvalue weighted by atomic mass is 32.2. The third kappa shape index (κ3) is 9.00. The predicted molar refractivity (Wildman–Crippen MR) is 142 cm³/mol. The Kier molecular flexibility index (Phi) is 12.2. The van der Waals surface area contributed by atoms with Crippen LogP contribution in [-0.4, -0.2) is 69.2 Å². The van der Waals surface area contributed by atoms with Crippen LogP contribution in [0.5, 0.6) is 0 Å². The number of carbonyl (C=O) groups is 5. The van der Waals surface area contributed by atoms with Crippen LogP contribution in [0.25, 0.3) is 0 Å². The second-order valence-corrected chi connectivity index (χ2v) is 11.7. The molecular weight excluding hydrogens is 494 g/mol. The van der Waals surface area contributed by atoms with Crippen molar-refractivity contribution in [2.24, 2.45) is 0 Å². The van der Waals surface area contributed by atoms with Gasteiger partial charge in [0.2, 0.25) is 0 Å². The standard InChI is InChI=1S/C27H43N3O6S/c1-2-3-4-11-18-29-26-21(28-27(29)35)19-37-22(26)14-10-9-13-20(31)12-7-5-6-8-15-25(34)36-30-23(32)16-17-24(30)33/h21-22,26H,2-19H2,1H3,(H,28,35)/t21-,22-,26-/m0/s1. The second-order valence-electron chi connectivity index (χ2n) is 10.4. The molecule has 0 saturated carbocycles. The fourth-order valence-electron chi connectivity index (χ4n) is 5.36. The third-order valence-electron chi connectivity index (χ3n) is 7.44. The number of imide groups is 1. The lowest BCUT2D eigenvalue weighted by Crippen LogP contribution is -2.41. The molecule has 0 aromatic heterocycles. The average molecular weight is 538 g/mol. The molecule has 0 aliphatic carbocycles. The van der Waals surface area contributed by atoms with E-state index < -0.39 is 17.8 Å². The molecule has 10 heteroatoms. The quantitative estimate of drug-likeness (QED) is 0.155. The molecule has 3 heterocycles. The van der Waals surface area contributed by atoms with Crippen LogP contribution in [-0.2, 0) is 24.0 Å². The van der Waals surface area contributed by atoms with E-state index >= 15 is 0 Å². The van der Waals surface area contributed by atoms with Crippen molar-refractivity contribution in [3.05, 3.63) is 0 Å². The highest BCUT2D eigenvalue weighted by Crippen LogP contribution is 2.37. The normalized spacial score (nSPS) is 23.1. The molecular formula is C27H43N3O6S. The molecule has 1 N–H and O–H groups in total. The topological polar surface area (TPSA) is 113 Å². The van der Waals surface area contributed by atoms with Crippen molar-refractivity contribution in [2.45, 2.75) is 127 Å². The van der Waals surface area contributed by atoms with Crippen LogP contribution in [0.1, 0.15) is 110 Å². The molecule has 208 valence electrons. The zero-order chi connectivity index (χ0) is 26.6. The Hall–Kier alpha value is -2.10. The maximum atomic E-state index is 12.4. The Morgan fingerprint density at radius 2 is 1.54 bits per heavy atom. The van der Waals surface area contributed by atoms with Crippen molar-refractivity contribution < 1.29 is 28.8 Å². The van der Waals surface area contributed by atoms with Gasteiger partial charge in [0.25, 0.3) is 11.8 Å². The molecule has 0 aromatic rings. The Morgan fingerprint density at radius 1 is 0.892 bits per heavy atom. The third-order valence-corrected chi connectivity index (χ3v) is 8.94. The molecule has 3 rings (SSSR count). The summed E-state index contributed by atoms with van der Waals surface area (Å²) in [6, 6.07) is 0.659.